The number of halogens is 4. The van der Waals surface area contributed by atoms with Crippen LogP contribution < -0.4 is 5.32 Å². The van der Waals surface area contributed by atoms with Crippen LogP contribution in [0.2, 0.25) is 5.02 Å². The quantitative estimate of drug-likeness (QED) is 0.888. The molecule has 24 heavy (non-hydrogen) atoms. The molecule has 0 fully saturated rings. The van der Waals surface area contributed by atoms with E-state index in [2.05, 4.69) is 15.5 Å². The molecular weight excluding hydrogens is 347 g/mol. The van der Waals surface area contributed by atoms with Crippen molar-refractivity contribution in [2.45, 2.75) is 46.1 Å². The number of nitrogens with one attached hydrogen (secondary N) is 1. The van der Waals surface area contributed by atoms with Crippen molar-refractivity contribution in [3.05, 3.63) is 34.4 Å². The molecule has 1 atom stereocenters. The van der Waals surface area contributed by atoms with E-state index in [0.29, 0.717) is 17.3 Å². The summed E-state index contributed by atoms with van der Waals surface area (Å²) in [6, 6.07) is 0.0187. The van der Waals surface area contributed by atoms with Gasteiger partial charge in [-0.3, -0.25) is 14.2 Å². The number of hydrogen-bond acceptors (Lipinski definition) is 3. The number of alkyl halides is 3. The van der Waals surface area contributed by atoms with Crippen LogP contribution in [0.15, 0.2) is 12.3 Å². The molecule has 132 valence electrons. The highest BCUT2D eigenvalue weighted by Gasteiger charge is 2.35. The molecule has 0 saturated heterocycles. The van der Waals surface area contributed by atoms with E-state index in [1.54, 1.807) is 4.68 Å². The zero-order valence-corrected chi connectivity index (χ0v) is 14.1. The number of rotatable bonds is 5. The average Bonchev–Trinajstić information content (AvgIpc) is 3.06. The second kappa shape index (κ2) is 6.84. The lowest BCUT2D eigenvalue weighted by Crippen LogP contribution is -2.32. The van der Waals surface area contributed by atoms with E-state index in [1.807, 2.05) is 6.92 Å². The summed E-state index contributed by atoms with van der Waals surface area (Å²) in [5.41, 5.74) is -0.138. The zero-order valence-electron chi connectivity index (χ0n) is 13.4. The number of aryl methyl sites for hydroxylation is 2. The largest absolute Gasteiger partial charge is 0.435 e. The van der Waals surface area contributed by atoms with Gasteiger partial charge in [0.25, 0.3) is 0 Å². The third kappa shape index (κ3) is 3.72. The fourth-order valence-corrected chi connectivity index (χ4v) is 2.49. The van der Waals surface area contributed by atoms with E-state index in [-0.39, 0.29) is 12.2 Å². The Morgan fingerprint density at radius 1 is 1.46 bits per heavy atom. The van der Waals surface area contributed by atoms with Gasteiger partial charge in [-0.25, -0.2) is 0 Å². The summed E-state index contributed by atoms with van der Waals surface area (Å²) >= 11 is 6.01. The summed E-state index contributed by atoms with van der Waals surface area (Å²) in [5.74, 6) is -0.463. The molecule has 2 heterocycles. The van der Waals surface area contributed by atoms with Crippen molar-refractivity contribution >= 4 is 17.5 Å². The molecule has 1 unspecified atom stereocenters. The Labute approximate surface area is 141 Å². The van der Waals surface area contributed by atoms with Gasteiger partial charge in [0.2, 0.25) is 5.91 Å². The molecule has 1 N–H and O–H groups in total. The van der Waals surface area contributed by atoms with E-state index >= 15 is 0 Å². The average molecular weight is 364 g/mol. The number of carbonyl (C=O) groups is 1. The number of aromatic nitrogens is 4. The van der Waals surface area contributed by atoms with E-state index in [4.69, 9.17) is 11.6 Å². The van der Waals surface area contributed by atoms with Crippen LogP contribution in [0.25, 0.3) is 0 Å². The van der Waals surface area contributed by atoms with Crippen molar-refractivity contribution in [1.82, 2.24) is 24.9 Å². The van der Waals surface area contributed by atoms with Gasteiger partial charge in [0.05, 0.1) is 23.5 Å². The summed E-state index contributed by atoms with van der Waals surface area (Å²) < 4.78 is 40.8. The highest BCUT2D eigenvalue weighted by atomic mass is 35.5. The second-order valence-electron chi connectivity index (χ2n) is 5.26. The maximum Gasteiger partial charge on any atom is 0.435 e. The van der Waals surface area contributed by atoms with Crippen LogP contribution in [-0.2, 0) is 24.1 Å². The molecule has 0 spiro atoms. The summed E-state index contributed by atoms with van der Waals surface area (Å²) in [6.07, 6.45) is -3.07. The third-order valence-corrected chi connectivity index (χ3v) is 3.90. The first-order valence-corrected chi connectivity index (χ1v) is 7.64. The number of nitrogens with zero attached hydrogens (tertiary/aromatic N) is 4. The standard InChI is InChI=1S/C14H17ClF3N5O/c1-4-22-11(10(15)6-20-22)7-19-13(24)9(3)23-8(2)5-12(21-23)14(16,17)18/h5-6,9H,4,7H2,1-3H3,(H,19,24). The van der Waals surface area contributed by atoms with Gasteiger partial charge < -0.3 is 5.32 Å². The van der Waals surface area contributed by atoms with E-state index in [9.17, 15) is 18.0 Å². The molecule has 0 radical (unpaired) electrons. The normalized spacial score (nSPS) is 13.1. The molecule has 0 aromatic carbocycles. The first kappa shape index (κ1) is 18.3. The van der Waals surface area contributed by atoms with Gasteiger partial charge in [0.1, 0.15) is 6.04 Å². The van der Waals surface area contributed by atoms with Gasteiger partial charge in [0, 0.05) is 12.2 Å². The van der Waals surface area contributed by atoms with Crippen LogP contribution in [0.3, 0.4) is 0 Å². The minimum atomic E-state index is -4.55. The van der Waals surface area contributed by atoms with Crippen LogP contribution in [0.1, 0.15) is 37.0 Å². The second-order valence-corrected chi connectivity index (χ2v) is 5.67. The molecule has 2 aromatic rings. The molecule has 0 aliphatic carbocycles. The van der Waals surface area contributed by atoms with Crippen molar-refractivity contribution in [2.75, 3.05) is 0 Å². The molecule has 2 rings (SSSR count). The number of hydrogen-bond donors (Lipinski definition) is 1. The van der Waals surface area contributed by atoms with Crippen molar-refractivity contribution in [3.8, 4) is 0 Å². The smallest absolute Gasteiger partial charge is 0.349 e. The number of amides is 1. The van der Waals surface area contributed by atoms with Crippen molar-refractivity contribution < 1.29 is 18.0 Å². The minimum Gasteiger partial charge on any atom is -0.349 e. The fourth-order valence-electron chi connectivity index (χ4n) is 2.28. The summed E-state index contributed by atoms with van der Waals surface area (Å²) in [4.78, 5) is 12.2. The first-order chi connectivity index (χ1) is 11.1. The Kier molecular flexibility index (Phi) is 5.22. The maximum absolute atomic E-state index is 12.7. The minimum absolute atomic E-state index is 0.127. The van der Waals surface area contributed by atoms with Gasteiger partial charge in [-0.1, -0.05) is 11.6 Å². The summed E-state index contributed by atoms with van der Waals surface area (Å²) in [6.45, 7) is 5.54. The predicted molar refractivity (Wildman–Crippen MR) is 81.4 cm³/mol. The molecule has 6 nitrogen and oxygen atoms in total. The molecular formula is C14H17ClF3N5O. The van der Waals surface area contributed by atoms with E-state index in [1.165, 1.54) is 20.0 Å². The van der Waals surface area contributed by atoms with Crippen LogP contribution in [0.4, 0.5) is 13.2 Å². The van der Waals surface area contributed by atoms with E-state index < -0.39 is 23.8 Å². The molecule has 0 aliphatic rings. The van der Waals surface area contributed by atoms with Crippen molar-refractivity contribution in [1.29, 1.82) is 0 Å². The Hall–Kier alpha value is -2.03. The monoisotopic (exact) mass is 363 g/mol. The zero-order chi connectivity index (χ0) is 18.1. The van der Waals surface area contributed by atoms with Gasteiger partial charge in [-0.05, 0) is 26.8 Å². The Balaban J connectivity index is 2.10. The Bertz CT molecular complexity index is 737. The topological polar surface area (TPSA) is 64.7 Å². The SMILES string of the molecule is CCn1ncc(Cl)c1CNC(=O)C(C)n1nc(C(F)(F)F)cc1C. The summed E-state index contributed by atoms with van der Waals surface area (Å²) in [7, 11) is 0. The Morgan fingerprint density at radius 3 is 2.67 bits per heavy atom. The highest BCUT2D eigenvalue weighted by Crippen LogP contribution is 2.29. The molecule has 1 amide bonds. The summed E-state index contributed by atoms with van der Waals surface area (Å²) in [5, 5.41) is 10.6. The van der Waals surface area contributed by atoms with Gasteiger partial charge in [-0.2, -0.15) is 23.4 Å². The maximum atomic E-state index is 12.7. The first-order valence-electron chi connectivity index (χ1n) is 7.26. The molecule has 2 aromatic heterocycles. The lowest BCUT2D eigenvalue weighted by atomic mass is 10.3. The predicted octanol–water partition coefficient (Wildman–Crippen LogP) is 2.96. The van der Waals surface area contributed by atoms with Gasteiger partial charge >= 0.3 is 6.18 Å². The van der Waals surface area contributed by atoms with Gasteiger partial charge in [0.15, 0.2) is 5.69 Å². The van der Waals surface area contributed by atoms with Crippen molar-refractivity contribution in [2.24, 2.45) is 0 Å². The third-order valence-electron chi connectivity index (χ3n) is 3.59. The lowest BCUT2D eigenvalue weighted by Gasteiger charge is -2.15. The highest BCUT2D eigenvalue weighted by molar-refractivity contribution is 6.31. The lowest BCUT2D eigenvalue weighted by molar-refractivity contribution is -0.142. The fraction of sp³-hybridized carbons (Fsp3) is 0.500. The molecule has 0 aliphatic heterocycles. The van der Waals surface area contributed by atoms with Crippen LogP contribution in [0.5, 0.6) is 0 Å². The molecule has 10 heteroatoms. The van der Waals surface area contributed by atoms with Crippen LogP contribution >= 0.6 is 11.6 Å². The molecule has 0 saturated carbocycles. The van der Waals surface area contributed by atoms with Crippen LogP contribution in [0, 0.1) is 6.92 Å². The Morgan fingerprint density at radius 2 is 2.12 bits per heavy atom. The van der Waals surface area contributed by atoms with E-state index in [0.717, 1.165) is 10.7 Å². The van der Waals surface area contributed by atoms with Gasteiger partial charge in [-0.15, -0.1) is 0 Å². The van der Waals surface area contributed by atoms with Crippen molar-refractivity contribution in [3.63, 3.8) is 0 Å². The van der Waals surface area contributed by atoms with Crippen LogP contribution in [-0.4, -0.2) is 25.5 Å². The number of carbonyl (C=O) groups excluding carboxylic acids is 1. The molecule has 0 bridgehead atoms.